The molecule has 1 fully saturated rings. The molecule has 3 N–H and O–H groups in total. The Bertz CT molecular complexity index is 806. The maximum Gasteiger partial charge on any atom is 0.255 e. The summed E-state index contributed by atoms with van der Waals surface area (Å²) in [7, 11) is 1.49. The summed E-state index contributed by atoms with van der Waals surface area (Å²) in [6, 6.07) is 6.64. The van der Waals surface area contributed by atoms with Gasteiger partial charge in [-0.25, -0.2) is 4.98 Å². The number of pyridine rings is 1. The number of nitrogens with zero attached hydrogens (tertiary/aromatic N) is 2. The topological polar surface area (TPSA) is 80.5 Å². The Morgan fingerprint density at radius 1 is 1.33 bits per heavy atom. The number of aromatic nitrogens is 1. The van der Waals surface area contributed by atoms with Crippen molar-refractivity contribution in [2.24, 2.45) is 0 Å². The summed E-state index contributed by atoms with van der Waals surface area (Å²) < 4.78 is 5.24. The van der Waals surface area contributed by atoms with E-state index >= 15 is 0 Å². The van der Waals surface area contributed by atoms with Crippen molar-refractivity contribution in [2.45, 2.75) is 12.5 Å². The summed E-state index contributed by atoms with van der Waals surface area (Å²) in [5.74, 6) is 0.869. The predicted octanol–water partition coefficient (Wildman–Crippen LogP) is 3.83. The highest BCUT2D eigenvalue weighted by Crippen LogP contribution is 2.29. The molecule has 1 aliphatic heterocycles. The van der Waals surface area contributed by atoms with E-state index in [0.717, 1.165) is 18.8 Å². The molecule has 1 amide bonds. The van der Waals surface area contributed by atoms with E-state index in [-0.39, 0.29) is 36.8 Å². The number of carbonyl (C=O) groups excluding carboxylic acids is 1. The highest BCUT2D eigenvalue weighted by Gasteiger charge is 2.27. The second-order valence-corrected chi connectivity index (χ2v) is 6.60. The first-order valence-corrected chi connectivity index (χ1v) is 8.54. The number of rotatable bonds is 4. The number of hydrogen-bond acceptors (Lipinski definition) is 5. The average Bonchev–Trinajstić information content (AvgIpc) is 3.05. The van der Waals surface area contributed by atoms with Gasteiger partial charge in [-0.05, 0) is 24.6 Å². The Labute approximate surface area is 180 Å². The summed E-state index contributed by atoms with van der Waals surface area (Å²) in [5, 5.41) is 3.92. The van der Waals surface area contributed by atoms with Crippen LogP contribution in [-0.4, -0.2) is 37.1 Å². The third-order valence-electron chi connectivity index (χ3n) is 4.13. The first-order chi connectivity index (χ1) is 12.0. The van der Waals surface area contributed by atoms with Gasteiger partial charge < -0.3 is 20.7 Å². The molecule has 1 saturated heterocycles. The van der Waals surface area contributed by atoms with E-state index in [1.54, 1.807) is 24.4 Å². The molecule has 1 aliphatic rings. The van der Waals surface area contributed by atoms with Crippen LogP contribution in [0.1, 0.15) is 16.8 Å². The SMILES string of the molecule is COc1cc(N)c(Cl)cc1C(=O)NC1CCN(c2ncccc2Cl)C1.Cl.Cl. The van der Waals surface area contributed by atoms with Crippen LogP contribution >= 0.6 is 48.0 Å². The van der Waals surface area contributed by atoms with Crippen molar-refractivity contribution in [3.63, 3.8) is 0 Å². The molecular formula is C17H20Cl4N4O2. The molecule has 3 rings (SSSR count). The van der Waals surface area contributed by atoms with Crippen LogP contribution in [0.5, 0.6) is 5.75 Å². The third kappa shape index (κ3) is 5.23. The number of hydrogen-bond donors (Lipinski definition) is 2. The predicted molar refractivity (Wildman–Crippen MR) is 114 cm³/mol. The smallest absolute Gasteiger partial charge is 0.255 e. The van der Waals surface area contributed by atoms with Crippen molar-refractivity contribution >= 4 is 65.4 Å². The number of methoxy groups -OCH3 is 1. The number of carbonyl (C=O) groups is 1. The van der Waals surface area contributed by atoms with Crippen LogP contribution in [0.2, 0.25) is 10.0 Å². The number of nitrogen functional groups attached to an aromatic ring is 1. The molecule has 1 unspecified atom stereocenters. The number of amides is 1. The van der Waals surface area contributed by atoms with Crippen LogP contribution in [-0.2, 0) is 0 Å². The lowest BCUT2D eigenvalue weighted by Gasteiger charge is -2.19. The molecule has 6 nitrogen and oxygen atoms in total. The molecule has 0 saturated carbocycles. The summed E-state index contributed by atoms with van der Waals surface area (Å²) in [6.45, 7) is 1.40. The van der Waals surface area contributed by atoms with Crippen LogP contribution < -0.4 is 20.7 Å². The molecule has 27 heavy (non-hydrogen) atoms. The highest BCUT2D eigenvalue weighted by molar-refractivity contribution is 6.33. The van der Waals surface area contributed by atoms with Crippen molar-refractivity contribution in [3.05, 3.63) is 46.1 Å². The lowest BCUT2D eigenvalue weighted by molar-refractivity contribution is 0.0937. The quantitative estimate of drug-likeness (QED) is 0.687. The van der Waals surface area contributed by atoms with Crippen molar-refractivity contribution in [3.8, 4) is 5.75 Å². The number of nitrogens with two attached hydrogens (primary N) is 1. The van der Waals surface area contributed by atoms with Gasteiger partial charge in [-0.1, -0.05) is 23.2 Å². The van der Waals surface area contributed by atoms with Crippen LogP contribution in [0.4, 0.5) is 11.5 Å². The minimum Gasteiger partial charge on any atom is -0.496 e. The van der Waals surface area contributed by atoms with Gasteiger partial charge in [-0.15, -0.1) is 24.8 Å². The fraction of sp³-hybridized carbons (Fsp3) is 0.294. The molecule has 1 aromatic carbocycles. The van der Waals surface area contributed by atoms with Gasteiger partial charge in [0.15, 0.2) is 0 Å². The van der Waals surface area contributed by atoms with Gasteiger partial charge in [0, 0.05) is 31.4 Å². The highest BCUT2D eigenvalue weighted by atomic mass is 35.5. The van der Waals surface area contributed by atoms with Gasteiger partial charge in [0.1, 0.15) is 11.6 Å². The zero-order valence-corrected chi connectivity index (χ0v) is 17.6. The van der Waals surface area contributed by atoms with Crippen molar-refractivity contribution in [1.82, 2.24) is 10.3 Å². The number of anilines is 2. The van der Waals surface area contributed by atoms with E-state index in [2.05, 4.69) is 15.2 Å². The molecule has 2 aromatic rings. The summed E-state index contributed by atoms with van der Waals surface area (Å²) >= 11 is 12.2. The first kappa shape index (κ1) is 23.4. The standard InChI is InChI=1S/C17H18Cl2N4O2.2ClH/c1-25-15-8-14(20)13(19)7-11(15)17(24)22-10-4-6-23(9-10)16-12(18)3-2-5-21-16;;/h2-3,5,7-8,10H,4,6,9,20H2,1H3,(H,22,24);2*1H. The molecule has 1 aromatic heterocycles. The first-order valence-electron chi connectivity index (χ1n) is 7.79. The van der Waals surface area contributed by atoms with Gasteiger partial charge in [-0.3, -0.25) is 4.79 Å². The lowest BCUT2D eigenvalue weighted by atomic mass is 10.1. The maximum absolute atomic E-state index is 12.6. The van der Waals surface area contributed by atoms with Gasteiger partial charge in [-0.2, -0.15) is 0 Å². The van der Waals surface area contributed by atoms with Crippen LogP contribution in [0.25, 0.3) is 0 Å². The zero-order chi connectivity index (χ0) is 18.0. The largest absolute Gasteiger partial charge is 0.496 e. The zero-order valence-electron chi connectivity index (χ0n) is 14.4. The van der Waals surface area contributed by atoms with Crippen molar-refractivity contribution < 1.29 is 9.53 Å². The second-order valence-electron chi connectivity index (χ2n) is 5.79. The number of ether oxygens (including phenoxy) is 1. The van der Waals surface area contributed by atoms with Crippen LogP contribution in [0, 0.1) is 0 Å². The normalized spacial score (nSPS) is 15.5. The molecule has 0 aliphatic carbocycles. The maximum atomic E-state index is 12.6. The fourth-order valence-electron chi connectivity index (χ4n) is 2.86. The Hall–Kier alpha value is -1.60. The van der Waals surface area contributed by atoms with E-state index in [1.807, 2.05) is 0 Å². The molecular weight excluding hydrogens is 434 g/mol. The number of nitrogens with one attached hydrogen (secondary N) is 1. The van der Waals surface area contributed by atoms with E-state index in [9.17, 15) is 4.79 Å². The van der Waals surface area contributed by atoms with E-state index in [4.69, 9.17) is 33.7 Å². The van der Waals surface area contributed by atoms with Crippen molar-refractivity contribution in [2.75, 3.05) is 30.8 Å². The third-order valence-corrected chi connectivity index (χ3v) is 4.75. The molecule has 10 heteroatoms. The van der Waals surface area contributed by atoms with Crippen LogP contribution in [0.15, 0.2) is 30.5 Å². The summed E-state index contributed by atoms with van der Waals surface area (Å²) in [5.41, 5.74) is 6.48. The average molecular weight is 454 g/mol. The molecule has 0 bridgehead atoms. The monoisotopic (exact) mass is 452 g/mol. The van der Waals surface area contributed by atoms with E-state index in [1.165, 1.54) is 13.2 Å². The molecule has 0 spiro atoms. The Morgan fingerprint density at radius 3 is 2.74 bits per heavy atom. The van der Waals surface area contributed by atoms with Gasteiger partial charge in [0.25, 0.3) is 5.91 Å². The number of benzene rings is 1. The van der Waals surface area contributed by atoms with Crippen molar-refractivity contribution in [1.29, 1.82) is 0 Å². The molecule has 148 valence electrons. The van der Waals surface area contributed by atoms with E-state index in [0.29, 0.717) is 33.6 Å². The summed E-state index contributed by atoms with van der Waals surface area (Å²) in [6.07, 6.45) is 2.50. The Balaban J connectivity index is 0.00000182. The van der Waals surface area contributed by atoms with Gasteiger partial charge in [0.05, 0.1) is 28.4 Å². The van der Waals surface area contributed by atoms with Gasteiger partial charge >= 0.3 is 0 Å². The van der Waals surface area contributed by atoms with Crippen LogP contribution in [0.3, 0.4) is 0 Å². The van der Waals surface area contributed by atoms with E-state index < -0.39 is 0 Å². The molecule has 2 heterocycles. The molecule has 0 radical (unpaired) electrons. The fourth-order valence-corrected chi connectivity index (χ4v) is 3.26. The number of halogens is 4. The van der Waals surface area contributed by atoms with Gasteiger partial charge in [0.2, 0.25) is 0 Å². The minimum atomic E-state index is -0.252. The Morgan fingerprint density at radius 2 is 2.07 bits per heavy atom. The lowest BCUT2D eigenvalue weighted by Crippen LogP contribution is -2.37. The Kier molecular flexibility index (Phi) is 8.75. The minimum absolute atomic E-state index is 0. The molecule has 1 atom stereocenters. The second kappa shape index (κ2) is 10.1. The summed E-state index contributed by atoms with van der Waals surface area (Å²) in [4.78, 5) is 19.0.